The van der Waals surface area contributed by atoms with Gasteiger partial charge in [-0.1, -0.05) is 0 Å². The van der Waals surface area contributed by atoms with Crippen LogP contribution in [0.3, 0.4) is 0 Å². The molecule has 1 amide bonds. The first-order valence-corrected chi connectivity index (χ1v) is 5.40. The normalized spacial score (nSPS) is 12.1. The molecule has 0 aliphatic carbocycles. The van der Waals surface area contributed by atoms with Crippen LogP contribution >= 0.6 is 27.3 Å². The van der Waals surface area contributed by atoms with E-state index in [2.05, 4.69) is 21.2 Å². The fourth-order valence-electron chi connectivity index (χ4n) is 0.723. The maximum absolute atomic E-state index is 11.3. The first-order valence-electron chi connectivity index (χ1n) is 3.79. The second-order valence-electron chi connectivity index (χ2n) is 2.65. The van der Waals surface area contributed by atoms with Crippen molar-refractivity contribution in [3.05, 3.63) is 15.9 Å². The first-order chi connectivity index (χ1) is 6.50. The van der Waals surface area contributed by atoms with Crippen molar-refractivity contribution < 1.29 is 14.7 Å². The van der Waals surface area contributed by atoms with Crippen LogP contribution in [0.25, 0.3) is 0 Å². The molecular weight excluding hydrogens is 270 g/mol. The lowest BCUT2D eigenvalue weighted by atomic mass is 10.2. The molecule has 1 aromatic heterocycles. The van der Waals surface area contributed by atoms with Crippen molar-refractivity contribution in [2.45, 2.75) is 6.92 Å². The summed E-state index contributed by atoms with van der Waals surface area (Å²) in [5.74, 6) is -2.67. The summed E-state index contributed by atoms with van der Waals surface area (Å²) in [5, 5.41) is 11.7. The molecule has 0 aromatic carbocycles. The van der Waals surface area contributed by atoms with Crippen LogP contribution in [0, 0.1) is 5.92 Å². The first kappa shape index (κ1) is 11.2. The van der Waals surface area contributed by atoms with Gasteiger partial charge in [-0.2, -0.15) is 0 Å². The number of carbonyl (C=O) groups is 2. The number of carboxylic acid groups (broad SMARTS) is 1. The second kappa shape index (κ2) is 4.56. The number of carbonyl (C=O) groups excluding carboxylic acids is 1. The SMILES string of the molecule is CC(C(=O)O)C(=O)Nc1ccc(Br)s1. The van der Waals surface area contributed by atoms with Gasteiger partial charge in [-0.05, 0) is 35.0 Å². The number of aliphatic carboxylic acids is 1. The highest BCUT2D eigenvalue weighted by Gasteiger charge is 2.20. The van der Waals surface area contributed by atoms with Crippen molar-refractivity contribution in [1.29, 1.82) is 0 Å². The van der Waals surface area contributed by atoms with Gasteiger partial charge >= 0.3 is 5.97 Å². The topological polar surface area (TPSA) is 66.4 Å². The maximum atomic E-state index is 11.3. The molecule has 0 bridgehead atoms. The predicted octanol–water partition coefficient (Wildman–Crippen LogP) is 2.17. The average Bonchev–Trinajstić information content (AvgIpc) is 2.49. The lowest BCUT2D eigenvalue weighted by molar-refractivity contribution is -0.144. The number of rotatable bonds is 3. The zero-order valence-electron chi connectivity index (χ0n) is 7.28. The number of thiophene rings is 1. The van der Waals surface area contributed by atoms with E-state index in [4.69, 9.17) is 5.11 Å². The minimum Gasteiger partial charge on any atom is -0.481 e. The molecule has 0 fully saturated rings. The number of hydrogen-bond acceptors (Lipinski definition) is 3. The summed E-state index contributed by atoms with van der Waals surface area (Å²) >= 11 is 4.58. The van der Waals surface area contributed by atoms with Gasteiger partial charge in [0, 0.05) is 0 Å². The van der Waals surface area contributed by atoms with Gasteiger partial charge < -0.3 is 10.4 Å². The van der Waals surface area contributed by atoms with Crippen molar-refractivity contribution >= 4 is 44.1 Å². The number of halogens is 1. The summed E-state index contributed by atoms with van der Waals surface area (Å²) in [6, 6.07) is 3.49. The maximum Gasteiger partial charge on any atom is 0.315 e. The fourth-order valence-corrected chi connectivity index (χ4v) is 2.01. The Labute approximate surface area is 93.1 Å². The molecule has 0 radical (unpaired) electrons. The highest BCUT2D eigenvalue weighted by molar-refractivity contribution is 9.11. The molecule has 1 heterocycles. The molecule has 1 unspecified atom stereocenters. The Morgan fingerprint density at radius 2 is 2.21 bits per heavy atom. The summed E-state index contributed by atoms with van der Waals surface area (Å²) in [6.07, 6.45) is 0. The van der Waals surface area contributed by atoms with E-state index in [0.717, 1.165) is 3.79 Å². The summed E-state index contributed by atoms with van der Waals surface area (Å²) in [6.45, 7) is 1.35. The van der Waals surface area contributed by atoms with Gasteiger partial charge in [0.25, 0.3) is 0 Å². The number of anilines is 1. The summed E-state index contributed by atoms with van der Waals surface area (Å²) in [5.41, 5.74) is 0. The highest BCUT2D eigenvalue weighted by atomic mass is 79.9. The van der Waals surface area contributed by atoms with Crippen LogP contribution in [-0.4, -0.2) is 17.0 Å². The van der Waals surface area contributed by atoms with E-state index in [0.29, 0.717) is 5.00 Å². The van der Waals surface area contributed by atoms with Crippen molar-refractivity contribution in [2.75, 3.05) is 5.32 Å². The van der Waals surface area contributed by atoms with Crippen LogP contribution in [0.5, 0.6) is 0 Å². The van der Waals surface area contributed by atoms with Gasteiger partial charge in [0.15, 0.2) is 0 Å². The monoisotopic (exact) mass is 277 g/mol. The lowest BCUT2D eigenvalue weighted by Crippen LogP contribution is -2.26. The van der Waals surface area contributed by atoms with Crippen molar-refractivity contribution in [2.24, 2.45) is 5.92 Å². The van der Waals surface area contributed by atoms with E-state index < -0.39 is 17.8 Å². The molecule has 0 saturated heterocycles. The van der Waals surface area contributed by atoms with Gasteiger partial charge in [-0.25, -0.2) is 0 Å². The Balaban J connectivity index is 2.61. The van der Waals surface area contributed by atoms with E-state index >= 15 is 0 Å². The molecule has 1 atom stereocenters. The zero-order chi connectivity index (χ0) is 10.7. The molecular formula is C8H8BrNO3S. The molecule has 0 aliphatic heterocycles. The minimum absolute atomic E-state index is 0.508. The second-order valence-corrected chi connectivity index (χ2v) is 5.12. The van der Waals surface area contributed by atoms with Gasteiger partial charge in [-0.15, -0.1) is 11.3 Å². The molecule has 76 valence electrons. The third-order valence-electron chi connectivity index (χ3n) is 1.58. The standard InChI is InChI=1S/C8H8BrNO3S/c1-4(8(12)13)7(11)10-6-3-2-5(9)14-6/h2-4H,1H3,(H,10,11)(H,12,13). The summed E-state index contributed by atoms with van der Waals surface area (Å²) in [4.78, 5) is 21.7. The predicted molar refractivity (Wildman–Crippen MR) is 57.4 cm³/mol. The molecule has 2 N–H and O–H groups in total. The number of amides is 1. The molecule has 1 aromatic rings. The quantitative estimate of drug-likeness (QED) is 0.833. The lowest BCUT2D eigenvalue weighted by Gasteiger charge is -2.05. The third kappa shape index (κ3) is 2.81. The Kier molecular flexibility index (Phi) is 3.65. The van der Waals surface area contributed by atoms with Gasteiger partial charge in [0.05, 0.1) is 8.79 Å². The van der Waals surface area contributed by atoms with Crippen molar-refractivity contribution in [3.8, 4) is 0 Å². The molecule has 14 heavy (non-hydrogen) atoms. The van der Waals surface area contributed by atoms with Crippen LogP contribution in [0.4, 0.5) is 5.00 Å². The Hall–Kier alpha value is -0.880. The molecule has 0 saturated carbocycles. The van der Waals surface area contributed by atoms with Crippen LogP contribution in [0.15, 0.2) is 15.9 Å². The number of nitrogens with one attached hydrogen (secondary N) is 1. The van der Waals surface area contributed by atoms with Gasteiger partial charge in [0.2, 0.25) is 5.91 Å². The van der Waals surface area contributed by atoms with Gasteiger partial charge in [0.1, 0.15) is 5.92 Å². The fraction of sp³-hybridized carbons (Fsp3) is 0.250. The zero-order valence-corrected chi connectivity index (χ0v) is 9.68. The van der Waals surface area contributed by atoms with E-state index in [1.165, 1.54) is 18.3 Å². The largest absolute Gasteiger partial charge is 0.481 e. The number of hydrogen-bond donors (Lipinski definition) is 2. The van der Waals surface area contributed by atoms with Gasteiger partial charge in [-0.3, -0.25) is 9.59 Å². The van der Waals surface area contributed by atoms with E-state index in [9.17, 15) is 9.59 Å². The van der Waals surface area contributed by atoms with Crippen molar-refractivity contribution in [3.63, 3.8) is 0 Å². The molecule has 1 rings (SSSR count). The molecule has 0 spiro atoms. The smallest absolute Gasteiger partial charge is 0.315 e. The van der Waals surface area contributed by atoms with E-state index in [-0.39, 0.29) is 0 Å². The summed E-state index contributed by atoms with van der Waals surface area (Å²) in [7, 11) is 0. The van der Waals surface area contributed by atoms with Crippen LogP contribution in [0.1, 0.15) is 6.92 Å². The van der Waals surface area contributed by atoms with E-state index in [1.807, 2.05) is 0 Å². The highest BCUT2D eigenvalue weighted by Crippen LogP contribution is 2.26. The Morgan fingerprint density at radius 3 is 2.64 bits per heavy atom. The molecule has 4 nitrogen and oxygen atoms in total. The Bertz CT molecular complexity index is 363. The summed E-state index contributed by atoms with van der Waals surface area (Å²) < 4.78 is 0.885. The van der Waals surface area contributed by atoms with Crippen LogP contribution in [0.2, 0.25) is 0 Å². The van der Waals surface area contributed by atoms with E-state index in [1.54, 1.807) is 12.1 Å². The average molecular weight is 278 g/mol. The number of carboxylic acids is 1. The Morgan fingerprint density at radius 1 is 1.57 bits per heavy atom. The van der Waals surface area contributed by atoms with Crippen molar-refractivity contribution in [1.82, 2.24) is 0 Å². The third-order valence-corrected chi connectivity index (χ3v) is 3.12. The van der Waals surface area contributed by atoms with Crippen LogP contribution < -0.4 is 5.32 Å². The molecule has 0 aliphatic rings. The molecule has 6 heteroatoms. The minimum atomic E-state index is -1.13. The van der Waals surface area contributed by atoms with Crippen LogP contribution in [-0.2, 0) is 9.59 Å².